The Kier molecular flexibility index (Phi) is 4.23. The molecule has 1 aliphatic rings. The lowest BCUT2D eigenvalue weighted by Crippen LogP contribution is -2.48. The Morgan fingerprint density at radius 1 is 1.36 bits per heavy atom. The van der Waals surface area contributed by atoms with E-state index in [0.717, 1.165) is 24.9 Å². The van der Waals surface area contributed by atoms with E-state index in [-0.39, 0.29) is 11.9 Å². The van der Waals surface area contributed by atoms with Gasteiger partial charge in [-0.25, -0.2) is 9.97 Å². The maximum atomic E-state index is 12.3. The summed E-state index contributed by atoms with van der Waals surface area (Å²) in [7, 11) is 0. The first-order chi connectivity index (χ1) is 12.2. The lowest BCUT2D eigenvalue weighted by molar-refractivity contribution is 0.0927. The zero-order valence-electron chi connectivity index (χ0n) is 13.4. The molecule has 2 aromatic heterocycles. The Morgan fingerprint density at radius 3 is 3.12 bits per heavy atom. The monoisotopic (exact) mass is 357 g/mol. The van der Waals surface area contributed by atoms with E-state index in [0.29, 0.717) is 28.9 Å². The van der Waals surface area contributed by atoms with Crippen LogP contribution in [-0.4, -0.2) is 40.0 Å². The van der Waals surface area contributed by atoms with Crippen LogP contribution in [0.2, 0.25) is 5.02 Å². The molecule has 0 saturated carbocycles. The Balaban J connectivity index is 1.47. The first-order valence-electron chi connectivity index (χ1n) is 8.07. The minimum absolute atomic E-state index is 0.00909. The highest BCUT2D eigenvalue weighted by Crippen LogP contribution is 2.26. The molecule has 8 heteroatoms. The van der Waals surface area contributed by atoms with Crippen molar-refractivity contribution >= 4 is 34.6 Å². The van der Waals surface area contributed by atoms with Crippen LogP contribution in [0.4, 0.5) is 6.01 Å². The number of piperidine rings is 1. The van der Waals surface area contributed by atoms with Crippen LogP contribution < -0.4 is 10.2 Å². The van der Waals surface area contributed by atoms with Gasteiger partial charge in [0.25, 0.3) is 11.9 Å². The second kappa shape index (κ2) is 6.68. The van der Waals surface area contributed by atoms with E-state index in [1.807, 2.05) is 11.0 Å². The number of carbonyl (C=O) groups is 1. The lowest BCUT2D eigenvalue weighted by atomic mass is 10.1. The molecule has 0 aliphatic carbocycles. The number of amides is 1. The zero-order valence-corrected chi connectivity index (χ0v) is 14.1. The summed E-state index contributed by atoms with van der Waals surface area (Å²) in [6.45, 7) is 1.47. The van der Waals surface area contributed by atoms with Crippen molar-refractivity contribution in [3.63, 3.8) is 0 Å². The van der Waals surface area contributed by atoms with Gasteiger partial charge in [-0.1, -0.05) is 11.6 Å². The first kappa shape index (κ1) is 15.8. The molecule has 1 N–H and O–H groups in total. The molecule has 1 saturated heterocycles. The van der Waals surface area contributed by atoms with E-state index in [1.165, 1.54) is 6.33 Å². The molecule has 3 aromatic rings. The molecule has 3 heterocycles. The van der Waals surface area contributed by atoms with Crippen LogP contribution in [0.25, 0.3) is 11.1 Å². The minimum Gasteiger partial charge on any atom is -0.423 e. The van der Waals surface area contributed by atoms with Crippen LogP contribution in [0.1, 0.15) is 23.3 Å². The number of aromatic nitrogens is 3. The number of anilines is 1. The molecule has 1 aromatic carbocycles. The summed E-state index contributed by atoms with van der Waals surface area (Å²) in [4.78, 5) is 26.6. The summed E-state index contributed by atoms with van der Waals surface area (Å²) in [5.41, 5.74) is 1.80. The molecule has 4 rings (SSSR count). The van der Waals surface area contributed by atoms with Gasteiger partial charge in [-0.3, -0.25) is 4.79 Å². The van der Waals surface area contributed by atoms with Crippen LogP contribution in [0.15, 0.2) is 41.2 Å². The number of benzene rings is 1. The molecule has 1 amide bonds. The summed E-state index contributed by atoms with van der Waals surface area (Å²) < 4.78 is 5.82. The number of hydrogen-bond acceptors (Lipinski definition) is 6. The molecule has 1 fully saturated rings. The second-order valence-electron chi connectivity index (χ2n) is 5.96. The van der Waals surface area contributed by atoms with Crippen LogP contribution in [-0.2, 0) is 0 Å². The van der Waals surface area contributed by atoms with Crippen molar-refractivity contribution in [2.75, 3.05) is 18.0 Å². The van der Waals surface area contributed by atoms with E-state index in [1.54, 1.807) is 24.4 Å². The predicted octanol–water partition coefficient (Wildman–Crippen LogP) is 2.67. The smallest absolute Gasteiger partial charge is 0.298 e. The summed E-state index contributed by atoms with van der Waals surface area (Å²) in [6.07, 6.45) is 4.76. The van der Waals surface area contributed by atoms with Crippen molar-refractivity contribution in [1.29, 1.82) is 0 Å². The van der Waals surface area contributed by atoms with Gasteiger partial charge in [-0.15, -0.1) is 0 Å². The number of nitrogens with one attached hydrogen (secondary N) is 1. The van der Waals surface area contributed by atoms with Crippen LogP contribution in [0.5, 0.6) is 0 Å². The Hall–Kier alpha value is -2.67. The standard InChI is InChI=1S/C17H16ClN5O2/c18-11-3-4-15-14(8-11)22-17(25-15)23-7-1-2-12(9-23)21-16(24)13-5-6-19-10-20-13/h3-6,8,10,12H,1-2,7,9H2,(H,21,24). The maximum absolute atomic E-state index is 12.3. The van der Waals surface area contributed by atoms with Crippen molar-refractivity contribution in [1.82, 2.24) is 20.3 Å². The molecule has 1 atom stereocenters. The minimum atomic E-state index is -0.196. The Labute approximate surface area is 149 Å². The third-order valence-electron chi connectivity index (χ3n) is 4.18. The number of halogens is 1. The third-order valence-corrected chi connectivity index (χ3v) is 4.42. The fourth-order valence-electron chi connectivity index (χ4n) is 2.98. The summed E-state index contributed by atoms with van der Waals surface area (Å²) in [6, 6.07) is 7.53. The quantitative estimate of drug-likeness (QED) is 0.775. The van der Waals surface area contributed by atoms with Gasteiger partial charge in [0.15, 0.2) is 5.58 Å². The number of hydrogen-bond donors (Lipinski definition) is 1. The van der Waals surface area contributed by atoms with Gasteiger partial charge in [0.1, 0.15) is 17.5 Å². The van der Waals surface area contributed by atoms with Crippen molar-refractivity contribution in [3.05, 3.63) is 47.5 Å². The summed E-state index contributed by atoms with van der Waals surface area (Å²) in [5, 5.41) is 3.64. The van der Waals surface area contributed by atoms with Crippen LogP contribution >= 0.6 is 11.6 Å². The molecule has 25 heavy (non-hydrogen) atoms. The average molecular weight is 358 g/mol. The van der Waals surface area contributed by atoms with E-state index < -0.39 is 0 Å². The normalized spacial score (nSPS) is 17.6. The topological polar surface area (TPSA) is 84.2 Å². The van der Waals surface area contributed by atoms with Crippen molar-refractivity contribution in [3.8, 4) is 0 Å². The van der Waals surface area contributed by atoms with Crippen LogP contribution in [0.3, 0.4) is 0 Å². The van der Waals surface area contributed by atoms with Crippen molar-refractivity contribution in [2.24, 2.45) is 0 Å². The highest BCUT2D eigenvalue weighted by molar-refractivity contribution is 6.31. The third kappa shape index (κ3) is 3.41. The average Bonchev–Trinajstić information content (AvgIpc) is 3.06. The maximum Gasteiger partial charge on any atom is 0.298 e. The van der Waals surface area contributed by atoms with Crippen molar-refractivity contribution in [2.45, 2.75) is 18.9 Å². The second-order valence-corrected chi connectivity index (χ2v) is 6.40. The molecule has 7 nitrogen and oxygen atoms in total. The Bertz CT molecular complexity index is 898. The van der Waals surface area contributed by atoms with Gasteiger partial charge in [0.2, 0.25) is 0 Å². The first-order valence-corrected chi connectivity index (χ1v) is 8.45. The fraction of sp³-hybridized carbons (Fsp3) is 0.294. The number of fused-ring (bicyclic) bond motifs is 1. The van der Waals surface area contributed by atoms with Gasteiger partial charge in [-0.2, -0.15) is 4.98 Å². The lowest BCUT2D eigenvalue weighted by Gasteiger charge is -2.31. The van der Waals surface area contributed by atoms with Gasteiger partial charge in [0, 0.05) is 30.4 Å². The number of oxazole rings is 1. The predicted molar refractivity (Wildman–Crippen MR) is 93.8 cm³/mol. The van der Waals surface area contributed by atoms with Gasteiger partial charge >= 0.3 is 0 Å². The molecular formula is C17H16ClN5O2. The fourth-order valence-corrected chi connectivity index (χ4v) is 3.14. The molecule has 0 radical (unpaired) electrons. The highest BCUT2D eigenvalue weighted by Gasteiger charge is 2.25. The number of rotatable bonds is 3. The van der Waals surface area contributed by atoms with Gasteiger partial charge in [0.05, 0.1) is 0 Å². The van der Waals surface area contributed by atoms with E-state index >= 15 is 0 Å². The number of carbonyl (C=O) groups excluding carboxylic acids is 1. The van der Waals surface area contributed by atoms with E-state index in [4.69, 9.17) is 16.0 Å². The molecule has 0 spiro atoms. The Morgan fingerprint density at radius 2 is 2.28 bits per heavy atom. The van der Waals surface area contributed by atoms with Crippen molar-refractivity contribution < 1.29 is 9.21 Å². The molecule has 1 aliphatic heterocycles. The van der Waals surface area contributed by atoms with Gasteiger partial charge < -0.3 is 14.6 Å². The molecular weight excluding hydrogens is 342 g/mol. The number of nitrogens with zero attached hydrogens (tertiary/aromatic N) is 4. The highest BCUT2D eigenvalue weighted by atomic mass is 35.5. The molecule has 1 unspecified atom stereocenters. The summed E-state index contributed by atoms with van der Waals surface area (Å²) in [5.74, 6) is -0.196. The van der Waals surface area contributed by atoms with Crippen LogP contribution in [0, 0.1) is 0 Å². The molecule has 128 valence electrons. The van der Waals surface area contributed by atoms with Gasteiger partial charge in [-0.05, 0) is 37.1 Å². The van der Waals surface area contributed by atoms with E-state index in [9.17, 15) is 4.79 Å². The largest absolute Gasteiger partial charge is 0.423 e. The molecule has 0 bridgehead atoms. The zero-order chi connectivity index (χ0) is 17.2. The summed E-state index contributed by atoms with van der Waals surface area (Å²) >= 11 is 6.00. The van der Waals surface area contributed by atoms with E-state index in [2.05, 4.69) is 20.3 Å². The SMILES string of the molecule is O=C(NC1CCCN(c2nc3cc(Cl)ccc3o2)C1)c1ccncn1.